The van der Waals surface area contributed by atoms with E-state index in [-0.39, 0.29) is 0 Å². The Labute approximate surface area is 159 Å². The molecule has 1 fully saturated rings. The van der Waals surface area contributed by atoms with Crippen LogP contribution in [0.2, 0.25) is 0 Å². The van der Waals surface area contributed by atoms with Crippen molar-refractivity contribution in [3.05, 3.63) is 45.6 Å². The number of ether oxygens (including phenoxy) is 1. The minimum Gasteiger partial charge on any atom is -0.494 e. The van der Waals surface area contributed by atoms with Crippen LogP contribution in [0, 0.1) is 6.92 Å². The zero-order valence-corrected chi connectivity index (χ0v) is 16.8. The van der Waals surface area contributed by atoms with E-state index in [1.165, 1.54) is 10.4 Å². The molecule has 3 heterocycles. The van der Waals surface area contributed by atoms with Crippen molar-refractivity contribution in [1.29, 1.82) is 0 Å². The average molecular weight is 393 g/mol. The minimum atomic E-state index is -3.42. The van der Waals surface area contributed by atoms with Gasteiger partial charge in [-0.2, -0.15) is 4.31 Å². The maximum absolute atomic E-state index is 12.9. The van der Waals surface area contributed by atoms with Crippen molar-refractivity contribution < 1.29 is 13.2 Å². The lowest BCUT2D eigenvalue weighted by Gasteiger charge is -2.45. The highest BCUT2D eigenvalue weighted by molar-refractivity contribution is 7.89. The Hall–Kier alpha value is -1.41. The maximum Gasteiger partial charge on any atom is 0.243 e. The van der Waals surface area contributed by atoms with E-state index in [1.54, 1.807) is 22.5 Å². The SMILES string of the molecule is CCOc1ccc(S(=O)(=O)N2CC(N3CCc4sccc4C3)C2)cc1C. The van der Waals surface area contributed by atoms with Gasteiger partial charge in [0.25, 0.3) is 0 Å². The molecule has 0 amide bonds. The van der Waals surface area contributed by atoms with Gasteiger partial charge in [-0.3, -0.25) is 4.90 Å². The van der Waals surface area contributed by atoms with Crippen LogP contribution in [-0.4, -0.2) is 49.9 Å². The summed E-state index contributed by atoms with van der Waals surface area (Å²) in [7, 11) is -3.42. The molecule has 2 aliphatic heterocycles. The number of rotatable bonds is 5. The lowest BCUT2D eigenvalue weighted by Crippen LogP contribution is -2.61. The fourth-order valence-electron chi connectivity index (χ4n) is 3.67. The maximum atomic E-state index is 12.9. The van der Waals surface area contributed by atoms with Crippen molar-refractivity contribution in [2.45, 2.75) is 37.8 Å². The molecular formula is C19H24N2O3S2. The van der Waals surface area contributed by atoms with E-state index in [2.05, 4.69) is 16.3 Å². The lowest BCUT2D eigenvalue weighted by atomic mass is 10.0. The molecule has 1 aromatic carbocycles. The van der Waals surface area contributed by atoms with Gasteiger partial charge < -0.3 is 4.74 Å². The largest absolute Gasteiger partial charge is 0.494 e. The van der Waals surface area contributed by atoms with Gasteiger partial charge >= 0.3 is 0 Å². The Kier molecular flexibility index (Phi) is 4.81. The van der Waals surface area contributed by atoms with Crippen LogP contribution in [0.15, 0.2) is 34.5 Å². The van der Waals surface area contributed by atoms with Gasteiger partial charge in [-0.15, -0.1) is 11.3 Å². The fraction of sp³-hybridized carbons (Fsp3) is 0.474. The van der Waals surface area contributed by atoms with Gasteiger partial charge in [-0.25, -0.2) is 8.42 Å². The van der Waals surface area contributed by atoms with Crippen LogP contribution >= 0.6 is 11.3 Å². The molecule has 7 heteroatoms. The first-order chi connectivity index (χ1) is 12.5. The molecule has 2 aliphatic rings. The van der Waals surface area contributed by atoms with Crippen molar-refractivity contribution in [2.24, 2.45) is 0 Å². The molecule has 4 rings (SSSR count). The van der Waals surface area contributed by atoms with Gasteiger partial charge in [0.15, 0.2) is 0 Å². The van der Waals surface area contributed by atoms with Crippen molar-refractivity contribution >= 4 is 21.4 Å². The summed E-state index contributed by atoms with van der Waals surface area (Å²) in [5, 5.41) is 2.15. The molecule has 0 aliphatic carbocycles. The first-order valence-corrected chi connectivity index (χ1v) is 11.3. The third-order valence-corrected chi connectivity index (χ3v) is 8.12. The second-order valence-electron chi connectivity index (χ2n) is 6.93. The van der Waals surface area contributed by atoms with E-state index in [4.69, 9.17) is 4.74 Å². The second kappa shape index (κ2) is 6.96. The molecule has 0 saturated carbocycles. The van der Waals surface area contributed by atoms with Crippen LogP contribution in [0.3, 0.4) is 0 Å². The summed E-state index contributed by atoms with van der Waals surface area (Å²) in [5.74, 6) is 0.743. The Morgan fingerprint density at radius 1 is 1.27 bits per heavy atom. The summed E-state index contributed by atoms with van der Waals surface area (Å²) in [4.78, 5) is 4.26. The molecule has 0 unspecified atom stereocenters. The van der Waals surface area contributed by atoms with E-state index in [0.717, 1.165) is 30.8 Å². The third kappa shape index (κ3) is 3.17. The molecule has 0 radical (unpaired) electrons. The van der Waals surface area contributed by atoms with Crippen molar-refractivity contribution in [3.8, 4) is 5.75 Å². The molecular weight excluding hydrogens is 368 g/mol. The monoisotopic (exact) mass is 392 g/mol. The lowest BCUT2D eigenvalue weighted by molar-refractivity contribution is 0.0775. The topological polar surface area (TPSA) is 49.9 Å². The number of benzene rings is 1. The van der Waals surface area contributed by atoms with Crippen LogP contribution < -0.4 is 4.74 Å². The van der Waals surface area contributed by atoms with Gasteiger partial charge in [0.2, 0.25) is 10.0 Å². The summed E-state index contributed by atoms with van der Waals surface area (Å²) in [6, 6.07) is 7.64. The summed E-state index contributed by atoms with van der Waals surface area (Å²) in [5.41, 5.74) is 2.26. The van der Waals surface area contributed by atoms with Crippen LogP contribution in [-0.2, 0) is 23.0 Å². The Balaban J connectivity index is 1.42. The molecule has 0 bridgehead atoms. The van der Waals surface area contributed by atoms with Gasteiger partial charge in [0.05, 0.1) is 11.5 Å². The average Bonchev–Trinajstić information content (AvgIpc) is 3.03. The quantitative estimate of drug-likeness (QED) is 0.785. The Morgan fingerprint density at radius 2 is 2.08 bits per heavy atom. The summed E-state index contributed by atoms with van der Waals surface area (Å²) < 4.78 is 32.9. The highest BCUT2D eigenvalue weighted by Crippen LogP contribution is 2.31. The third-order valence-electron chi connectivity index (χ3n) is 5.27. The van der Waals surface area contributed by atoms with Gasteiger partial charge in [0.1, 0.15) is 5.75 Å². The molecule has 1 saturated heterocycles. The van der Waals surface area contributed by atoms with Crippen LogP contribution in [0.4, 0.5) is 0 Å². The normalized spacial score (nSPS) is 19.2. The minimum absolute atomic E-state index is 0.321. The molecule has 1 aromatic heterocycles. The summed E-state index contributed by atoms with van der Waals surface area (Å²) in [6.07, 6.45) is 1.08. The van der Waals surface area contributed by atoms with Crippen molar-refractivity contribution in [1.82, 2.24) is 9.21 Å². The number of thiophene rings is 1. The fourth-order valence-corrected chi connectivity index (χ4v) is 6.16. The number of aryl methyl sites for hydroxylation is 1. The highest BCUT2D eigenvalue weighted by Gasteiger charge is 2.40. The van der Waals surface area contributed by atoms with Crippen molar-refractivity contribution in [3.63, 3.8) is 0 Å². The number of nitrogens with zero attached hydrogens (tertiary/aromatic N) is 2. The molecule has 0 N–H and O–H groups in total. The number of hydrogen-bond acceptors (Lipinski definition) is 5. The Morgan fingerprint density at radius 3 is 2.81 bits per heavy atom. The van der Waals surface area contributed by atoms with Crippen LogP contribution in [0.25, 0.3) is 0 Å². The van der Waals surface area contributed by atoms with Gasteiger partial charge in [-0.05, 0) is 61.0 Å². The molecule has 0 spiro atoms. The van der Waals surface area contributed by atoms with Crippen molar-refractivity contribution in [2.75, 3.05) is 26.2 Å². The predicted molar refractivity (Wildman–Crippen MR) is 103 cm³/mol. The van der Waals surface area contributed by atoms with Gasteiger partial charge in [0, 0.05) is 37.1 Å². The van der Waals surface area contributed by atoms with E-state index < -0.39 is 10.0 Å². The van der Waals surface area contributed by atoms with E-state index in [9.17, 15) is 8.42 Å². The van der Waals surface area contributed by atoms with Crippen LogP contribution in [0.5, 0.6) is 5.75 Å². The number of hydrogen-bond donors (Lipinski definition) is 0. The van der Waals surface area contributed by atoms with E-state index >= 15 is 0 Å². The molecule has 0 atom stereocenters. The number of sulfonamides is 1. The molecule has 26 heavy (non-hydrogen) atoms. The smallest absolute Gasteiger partial charge is 0.243 e. The van der Waals surface area contributed by atoms with E-state index in [1.807, 2.05) is 25.2 Å². The standard InChI is InChI=1S/C19H24N2O3S2/c1-3-24-18-5-4-17(10-14(18)2)26(22,23)21-12-16(13-21)20-8-6-19-15(11-20)7-9-25-19/h4-5,7,9-10,16H,3,6,8,11-13H2,1-2H3. The highest BCUT2D eigenvalue weighted by atomic mass is 32.2. The molecule has 140 valence electrons. The second-order valence-corrected chi connectivity index (χ2v) is 9.86. The summed E-state index contributed by atoms with van der Waals surface area (Å²) >= 11 is 1.83. The Bertz CT molecular complexity index is 901. The van der Waals surface area contributed by atoms with Gasteiger partial charge in [-0.1, -0.05) is 0 Å². The zero-order chi connectivity index (χ0) is 18.3. The molecule has 5 nitrogen and oxygen atoms in total. The van der Waals surface area contributed by atoms with Crippen LogP contribution in [0.1, 0.15) is 22.9 Å². The number of fused-ring (bicyclic) bond motifs is 1. The summed E-state index contributed by atoms with van der Waals surface area (Å²) in [6.45, 7) is 7.50. The van der Waals surface area contributed by atoms with E-state index in [0.29, 0.717) is 30.6 Å². The first-order valence-electron chi connectivity index (χ1n) is 9.02. The predicted octanol–water partition coefficient (Wildman–Crippen LogP) is 2.89. The first kappa shape index (κ1) is 18.0. The molecule has 2 aromatic rings. The zero-order valence-electron chi connectivity index (χ0n) is 15.1.